The zero-order chi connectivity index (χ0) is 11.7. The van der Waals surface area contributed by atoms with Crippen LogP contribution in [0.3, 0.4) is 0 Å². The third kappa shape index (κ3) is 6.88. The van der Waals surface area contributed by atoms with Crippen molar-refractivity contribution in [3.8, 4) is 0 Å². The summed E-state index contributed by atoms with van der Waals surface area (Å²) < 4.78 is 22.4. The van der Waals surface area contributed by atoms with Gasteiger partial charge in [0, 0.05) is 5.82 Å². The second-order valence-corrected chi connectivity index (χ2v) is 5.31. The van der Waals surface area contributed by atoms with E-state index in [4.69, 9.17) is 9.05 Å². The Morgan fingerprint density at radius 1 is 1.20 bits per heavy atom. The van der Waals surface area contributed by atoms with Gasteiger partial charge in [-0.15, -0.1) is 0 Å². The second-order valence-electron chi connectivity index (χ2n) is 3.45. The molecule has 0 radical (unpaired) electrons. The smallest absolute Gasteiger partial charge is 0.306 e. The monoisotopic (exact) mass is 234 g/mol. The average Bonchev–Trinajstić information content (AvgIpc) is 2.15. The van der Waals surface area contributed by atoms with E-state index in [9.17, 15) is 4.57 Å². The standard InChI is InChI=1S/C11H23O3P/c1-5-8-9-11(4)10-15(12,13-6-2)14-7-3/h10H,5-9H2,1-4H3/b11-10-. The first kappa shape index (κ1) is 14.9. The van der Waals surface area contributed by atoms with Crippen LogP contribution in [0.1, 0.15) is 47.0 Å². The molecule has 0 aliphatic carbocycles. The molecule has 0 atom stereocenters. The summed E-state index contributed by atoms with van der Waals surface area (Å²) in [6.45, 7) is 8.57. The summed E-state index contributed by atoms with van der Waals surface area (Å²) in [5.74, 6) is 1.66. The van der Waals surface area contributed by atoms with Crippen molar-refractivity contribution in [2.75, 3.05) is 13.2 Å². The highest BCUT2D eigenvalue weighted by Crippen LogP contribution is 2.50. The summed E-state index contributed by atoms with van der Waals surface area (Å²) in [6, 6.07) is 0. The van der Waals surface area contributed by atoms with Crippen molar-refractivity contribution in [1.29, 1.82) is 0 Å². The number of unbranched alkanes of at least 4 members (excludes halogenated alkanes) is 1. The summed E-state index contributed by atoms with van der Waals surface area (Å²) in [7, 11) is -2.98. The number of hydrogen-bond donors (Lipinski definition) is 0. The van der Waals surface area contributed by atoms with Gasteiger partial charge in [-0.05, 0) is 33.6 Å². The highest BCUT2D eigenvalue weighted by atomic mass is 31.2. The van der Waals surface area contributed by atoms with E-state index >= 15 is 0 Å². The van der Waals surface area contributed by atoms with Crippen molar-refractivity contribution in [2.45, 2.75) is 47.0 Å². The maximum atomic E-state index is 12.1. The van der Waals surface area contributed by atoms with Gasteiger partial charge in [-0.2, -0.15) is 0 Å². The molecule has 4 heteroatoms. The molecular weight excluding hydrogens is 211 g/mol. The fourth-order valence-corrected chi connectivity index (χ4v) is 2.87. The lowest BCUT2D eigenvalue weighted by Crippen LogP contribution is -1.94. The Morgan fingerprint density at radius 2 is 1.73 bits per heavy atom. The van der Waals surface area contributed by atoms with Crippen molar-refractivity contribution in [1.82, 2.24) is 0 Å². The van der Waals surface area contributed by atoms with E-state index in [1.54, 1.807) is 5.82 Å². The van der Waals surface area contributed by atoms with Crippen LogP contribution in [0.4, 0.5) is 0 Å². The molecule has 0 aromatic carbocycles. The van der Waals surface area contributed by atoms with Crippen LogP contribution >= 0.6 is 7.60 Å². The topological polar surface area (TPSA) is 35.5 Å². The van der Waals surface area contributed by atoms with E-state index in [1.807, 2.05) is 20.8 Å². The van der Waals surface area contributed by atoms with Gasteiger partial charge in [0.25, 0.3) is 0 Å². The summed E-state index contributed by atoms with van der Waals surface area (Å²) in [6.07, 6.45) is 3.21. The van der Waals surface area contributed by atoms with Gasteiger partial charge < -0.3 is 9.05 Å². The van der Waals surface area contributed by atoms with E-state index in [1.165, 1.54) is 0 Å². The van der Waals surface area contributed by atoms with Crippen LogP contribution in [0.25, 0.3) is 0 Å². The molecule has 0 aromatic heterocycles. The molecule has 90 valence electrons. The number of allylic oxidation sites excluding steroid dienone is 1. The van der Waals surface area contributed by atoms with E-state index in [0.717, 1.165) is 24.8 Å². The molecule has 0 unspecified atom stereocenters. The van der Waals surface area contributed by atoms with Crippen LogP contribution in [0.5, 0.6) is 0 Å². The lowest BCUT2D eigenvalue weighted by molar-refractivity contribution is 0.228. The summed E-state index contributed by atoms with van der Waals surface area (Å²) in [5.41, 5.74) is 1.09. The largest absolute Gasteiger partial charge is 0.354 e. The molecule has 15 heavy (non-hydrogen) atoms. The van der Waals surface area contributed by atoms with Crippen LogP contribution in [0.2, 0.25) is 0 Å². The predicted molar refractivity (Wildman–Crippen MR) is 64.1 cm³/mol. The Labute approximate surface area is 93.4 Å². The van der Waals surface area contributed by atoms with Crippen molar-refractivity contribution in [3.63, 3.8) is 0 Å². The molecule has 0 heterocycles. The molecule has 0 saturated carbocycles. The van der Waals surface area contributed by atoms with Crippen molar-refractivity contribution in [2.24, 2.45) is 0 Å². The molecule has 0 rings (SSSR count). The van der Waals surface area contributed by atoms with Crippen molar-refractivity contribution < 1.29 is 13.6 Å². The Bertz CT molecular complexity index is 226. The first-order chi connectivity index (χ1) is 7.08. The van der Waals surface area contributed by atoms with Crippen LogP contribution < -0.4 is 0 Å². The Kier molecular flexibility index (Phi) is 8.03. The van der Waals surface area contributed by atoms with Gasteiger partial charge in [-0.1, -0.05) is 18.9 Å². The third-order valence-corrected chi connectivity index (χ3v) is 3.91. The van der Waals surface area contributed by atoms with Gasteiger partial charge in [-0.3, -0.25) is 4.57 Å². The minimum absolute atomic E-state index is 0.412. The first-order valence-electron chi connectivity index (χ1n) is 5.65. The maximum Gasteiger partial charge on any atom is 0.354 e. The van der Waals surface area contributed by atoms with Gasteiger partial charge >= 0.3 is 7.60 Å². The van der Waals surface area contributed by atoms with Crippen LogP contribution in [0, 0.1) is 0 Å². The second kappa shape index (κ2) is 8.09. The van der Waals surface area contributed by atoms with Crippen molar-refractivity contribution >= 4 is 7.60 Å². The van der Waals surface area contributed by atoms with E-state index in [-0.39, 0.29) is 0 Å². The van der Waals surface area contributed by atoms with Crippen LogP contribution in [0.15, 0.2) is 11.4 Å². The molecule has 0 saturated heterocycles. The van der Waals surface area contributed by atoms with Crippen LogP contribution in [-0.2, 0) is 13.6 Å². The number of rotatable bonds is 8. The number of hydrogen-bond acceptors (Lipinski definition) is 3. The maximum absolute atomic E-state index is 12.1. The molecule has 0 amide bonds. The zero-order valence-electron chi connectivity index (χ0n) is 10.3. The SMILES string of the molecule is CCCC/C(C)=C\P(=O)(OCC)OCC. The minimum Gasteiger partial charge on any atom is -0.306 e. The lowest BCUT2D eigenvalue weighted by atomic mass is 10.2. The molecule has 0 aliphatic rings. The molecule has 3 nitrogen and oxygen atoms in total. The zero-order valence-corrected chi connectivity index (χ0v) is 11.2. The Hall–Kier alpha value is -0.110. The minimum atomic E-state index is -2.98. The summed E-state index contributed by atoms with van der Waals surface area (Å²) >= 11 is 0. The molecule has 0 aliphatic heterocycles. The summed E-state index contributed by atoms with van der Waals surface area (Å²) in [4.78, 5) is 0. The highest BCUT2D eigenvalue weighted by Gasteiger charge is 2.19. The predicted octanol–water partition coefficient (Wildman–Crippen LogP) is 4.35. The molecule has 0 fully saturated rings. The van der Waals surface area contributed by atoms with Gasteiger partial charge in [0.2, 0.25) is 0 Å². The fourth-order valence-electron chi connectivity index (χ4n) is 1.26. The van der Waals surface area contributed by atoms with Gasteiger partial charge in [0.05, 0.1) is 13.2 Å². The average molecular weight is 234 g/mol. The van der Waals surface area contributed by atoms with Crippen LogP contribution in [-0.4, -0.2) is 13.2 Å². The molecule has 0 aromatic rings. The Balaban J connectivity index is 4.42. The van der Waals surface area contributed by atoms with Crippen molar-refractivity contribution in [3.05, 3.63) is 11.4 Å². The molecule has 0 spiro atoms. The van der Waals surface area contributed by atoms with Gasteiger partial charge in [0.1, 0.15) is 0 Å². The highest BCUT2D eigenvalue weighted by molar-refractivity contribution is 7.57. The van der Waals surface area contributed by atoms with Gasteiger partial charge in [-0.25, -0.2) is 0 Å². The lowest BCUT2D eigenvalue weighted by Gasteiger charge is -2.14. The molecular formula is C11H23O3P. The fraction of sp³-hybridized carbons (Fsp3) is 0.818. The quantitative estimate of drug-likeness (QED) is 0.586. The Morgan fingerprint density at radius 3 is 2.13 bits per heavy atom. The van der Waals surface area contributed by atoms with E-state index in [2.05, 4.69) is 6.92 Å². The van der Waals surface area contributed by atoms with E-state index < -0.39 is 7.60 Å². The normalized spacial score (nSPS) is 13.2. The third-order valence-electron chi connectivity index (χ3n) is 1.92. The first-order valence-corrected chi connectivity index (χ1v) is 7.26. The molecule has 0 bridgehead atoms. The molecule has 0 N–H and O–H groups in total. The van der Waals surface area contributed by atoms with E-state index in [0.29, 0.717) is 13.2 Å². The summed E-state index contributed by atoms with van der Waals surface area (Å²) in [5, 5.41) is 0. The van der Waals surface area contributed by atoms with Gasteiger partial charge in [0.15, 0.2) is 0 Å².